The Kier molecular flexibility index (Phi) is 4.51. The van der Waals surface area contributed by atoms with E-state index >= 15 is 0 Å². The van der Waals surface area contributed by atoms with Gasteiger partial charge in [0, 0.05) is 11.3 Å². The molecule has 0 aliphatic heterocycles. The van der Waals surface area contributed by atoms with E-state index in [4.69, 9.17) is 16.2 Å². The van der Waals surface area contributed by atoms with Gasteiger partial charge in [-0.2, -0.15) is 4.99 Å². The van der Waals surface area contributed by atoms with Crippen molar-refractivity contribution in [3.63, 3.8) is 0 Å². The summed E-state index contributed by atoms with van der Waals surface area (Å²) >= 11 is 0. The number of nitrogen functional groups attached to an aromatic ring is 1. The van der Waals surface area contributed by atoms with Crippen LogP contribution in [0.5, 0.6) is 0 Å². The summed E-state index contributed by atoms with van der Waals surface area (Å²) in [6, 6.07) is 6.78. The maximum Gasteiger partial charge on any atom is 0.435 e. The Morgan fingerprint density at radius 3 is 2.47 bits per heavy atom. The zero-order valence-electron chi connectivity index (χ0n) is 10.0. The molecule has 0 saturated carbocycles. The van der Waals surface area contributed by atoms with Crippen molar-refractivity contribution in [3.8, 4) is 0 Å². The molecule has 0 bridgehead atoms. The Morgan fingerprint density at radius 1 is 1.35 bits per heavy atom. The summed E-state index contributed by atoms with van der Waals surface area (Å²) in [6.45, 7) is 4.22. The first-order valence-corrected chi connectivity index (χ1v) is 5.36. The van der Waals surface area contributed by atoms with Crippen LogP contribution >= 0.6 is 0 Å². The Morgan fingerprint density at radius 2 is 1.94 bits per heavy atom. The molecule has 0 unspecified atom stereocenters. The van der Waals surface area contributed by atoms with E-state index in [1.165, 1.54) is 0 Å². The number of nitrogens with zero attached hydrogens (tertiary/aromatic N) is 1. The van der Waals surface area contributed by atoms with Crippen LogP contribution in [-0.2, 0) is 4.74 Å². The topological polar surface area (TPSA) is 90.7 Å². The summed E-state index contributed by atoms with van der Waals surface area (Å²) in [5, 5.41) is 0. The minimum absolute atomic E-state index is 0.124. The summed E-state index contributed by atoms with van der Waals surface area (Å²) in [4.78, 5) is 14.9. The highest BCUT2D eigenvalue weighted by molar-refractivity contribution is 6.02. The van der Waals surface area contributed by atoms with Crippen molar-refractivity contribution >= 4 is 17.6 Å². The molecule has 92 valence electrons. The van der Waals surface area contributed by atoms with Gasteiger partial charge >= 0.3 is 6.09 Å². The van der Waals surface area contributed by atoms with Crippen molar-refractivity contribution in [1.29, 1.82) is 0 Å². The summed E-state index contributed by atoms with van der Waals surface area (Å²) in [5.41, 5.74) is 12.5. The van der Waals surface area contributed by atoms with Gasteiger partial charge in [0.2, 0.25) is 0 Å². The lowest BCUT2D eigenvalue weighted by molar-refractivity contribution is 0.143. The molecule has 5 nitrogen and oxygen atoms in total. The van der Waals surface area contributed by atoms with E-state index in [0.29, 0.717) is 17.9 Å². The van der Waals surface area contributed by atoms with E-state index in [9.17, 15) is 4.79 Å². The third-order valence-electron chi connectivity index (χ3n) is 1.96. The molecule has 0 aliphatic carbocycles. The number of aliphatic imine (C=N–C) groups is 1. The summed E-state index contributed by atoms with van der Waals surface area (Å²) in [5.74, 6) is 0.394. The molecule has 4 N–H and O–H groups in total. The first kappa shape index (κ1) is 13.0. The number of rotatable bonds is 3. The van der Waals surface area contributed by atoms with E-state index in [0.717, 1.165) is 0 Å². The van der Waals surface area contributed by atoms with E-state index in [-0.39, 0.29) is 11.8 Å². The highest BCUT2D eigenvalue weighted by Gasteiger charge is 2.05. The number of hydrogen-bond acceptors (Lipinski definition) is 3. The molecule has 0 spiro atoms. The van der Waals surface area contributed by atoms with Crippen LogP contribution in [0, 0.1) is 5.92 Å². The Labute approximate surface area is 100 Å². The highest BCUT2D eigenvalue weighted by Crippen LogP contribution is 2.05. The van der Waals surface area contributed by atoms with Crippen LogP contribution in [-0.4, -0.2) is 18.5 Å². The number of ether oxygens (including phenoxy) is 1. The molecule has 1 rings (SSSR count). The second kappa shape index (κ2) is 5.89. The molecular formula is C12H17N3O2. The van der Waals surface area contributed by atoms with Crippen molar-refractivity contribution in [3.05, 3.63) is 29.8 Å². The van der Waals surface area contributed by atoms with Crippen molar-refractivity contribution in [2.24, 2.45) is 16.6 Å². The maximum atomic E-state index is 11.3. The van der Waals surface area contributed by atoms with Gasteiger partial charge in [-0.3, -0.25) is 0 Å². The van der Waals surface area contributed by atoms with Crippen LogP contribution in [0.3, 0.4) is 0 Å². The third-order valence-corrected chi connectivity index (χ3v) is 1.96. The lowest BCUT2D eigenvalue weighted by atomic mass is 10.2. The highest BCUT2D eigenvalue weighted by atomic mass is 16.5. The van der Waals surface area contributed by atoms with Gasteiger partial charge in [0.05, 0.1) is 6.61 Å². The molecule has 0 radical (unpaired) electrons. The fraction of sp³-hybridized carbons (Fsp3) is 0.333. The van der Waals surface area contributed by atoms with Crippen molar-refractivity contribution in [2.75, 3.05) is 12.3 Å². The molecule has 0 saturated heterocycles. The number of nitrogens with two attached hydrogens (primary N) is 2. The number of amidine groups is 1. The van der Waals surface area contributed by atoms with Gasteiger partial charge in [0.1, 0.15) is 5.84 Å². The molecule has 17 heavy (non-hydrogen) atoms. The molecule has 0 fully saturated rings. The number of hydrogen-bond donors (Lipinski definition) is 2. The van der Waals surface area contributed by atoms with E-state index < -0.39 is 6.09 Å². The number of amides is 1. The Balaban J connectivity index is 2.65. The SMILES string of the molecule is CC(C)COC(=O)N=C(N)c1ccc(N)cc1. The molecule has 0 heterocycles. The number of benzene rings is 1. The van der Waals surface area contributed by atoms with E-state index in [2.05, 4.69) is 4.99 Å². The largest absolute Gasteiger partial charge is 0.448 e. The normalized spacial score (nSPS) is 11.6. The summed E-state index contributed by atoms with van der Waals surface area (Å²) < 4.78 is 4.89. The summed E-state index contributed by atoms with van der Waals surface area (Å²) in [6.07, 6.45) is -0.673. The molecule has 1 aromatic carbocycles. The molecule has 1 amide bonds. The monoisotopic (exact) mass is 235 g/mol. The number of anilines is 1. The summed E-state index contributed by atoms with van der Waals surface area (Å²) in [7, 11) is 0. The minimum atomic E-state index is -0.673. The van der Waals surface area contributed by atoms with Crippen LogP contribution in [0.4, 0.5) is 10.5 Å². The second-order valence-electron chi connectivity index (χ2n) is 4.09. The molecular weight excluding hydrogens is 218 g/mol. The smallest absolute Gasteiger partial charge is 0.435 e. The fourth-order valence-corrected chi connectivity index (χ4v) is 1.09. The number of carbonyl (C=O) groups is 1. The van der Waals surface area contributed by atoms with Gasteiger partial charge in [-0.25, -0.2) is 4.79 Å². The average Bonchev–Trinajstić information content (AvgIpc) is 2.27. The molecule has 5 heteroatoms. The molecule has 0 atom stereocenters. The third kappa shape index (κ3) is 4.55. The van der Waals surface area contributed by atoms with E-state index in [1.807, 2.05) is 13.8 Å². The van der Waals surface area contributed by atoms with E-state index in [1.54, 1.807) is 24.3 Å². The predicted octanol–water partition coefficient (Wildman–Crippen LogP) is 1.77. The number of carbonyl (C=O) groups excluding carboxylic acids is 1. The van der Waals surface area contributed by atoms with Crippen molar-refractivity contribution in [1.82, 2.24) is 0 Å². The quantitative estimate of drug-likeness (QED) is 0.474. The Hall–Kier alpha value is -2.04. The maximum absolute atomic E-state index is 11.3. The Bertz CT molecular complexity index is 410. The van der Waals surface area contributed by atoms with Crippen molar-refractivity contribution in [2.45, 2.75) is 13.8 Å². The lowest BCUT2D eigenvalue weighted by Crippen LogP contribution is -2.17. The fourth-order valence-electron chi connectivity index (χ4n) is 1.09. The molecule has 0 aliphatic rings. The van der Waals surface area contributed by atoms with Gasteiger partial charge < -0.3 is 16.2 Å². The van der Waals surface area contributed by atoms with Crippen LogP contribution in [0.15, 0.2) is 29.3 Å². The predicted molar refractivity (Wildman–Crippen MR) is 67.8 cm³/mol. The van der Waals surface area contributed by atoms with Gasteiger partial charge in [0.25, 0.3) is 0 Å². The first-order valence-electron chi connectivity index (χ1n) is 5.36. The molecule has 1 aromatic rings. The lowest BCUT2D eigenvalue weighted by Gasteiger charge is -2.05. The van der Waals surface area contributed by atoms with Crippen LogP contribution < -0.4 is 11.5 Å². The zero-order chi connectivity index (χ0) is 12.8. The standard InChI is InChI=1S/C12H17N3O2/c1-8(2)7-17-12(16)15-11(14)9-3-5-10(13)6-4-9/h3-6,8H,7,13H2,1-2H3,(H2,14,15,16). The zero-order valence-corrected chi connectivity index (χ0v) is 10.0. The van der Waals surface area contributed by atoms with Gasteiger partial charge in [-0.05, 0) is 30.2 Å². The minimum Gasteiger partial charge on any atom is -0.448 e. The van der Waals surface area contributed by atoms with Crippen LogP contribution in [0.2, 0.25) is 0 Å². The van der Waals surface area contributed by atoms with Crippen LogP contribution in [0.25, 0.3) is 0 Å². The van der Waals surface area contributed by atoms with Gasteiger partial charge in [0.15, 0.2) is 0 Å². The van der Waals surface area contributed by atoms with Gasteiger partial charge in [-0.1, -0.05) is 13.8 Å². The molecule has 0 aromatic heterocycles. The average molecular weight is 235 g/mol. The van der Waals surface area contributed by atoms with Crippen LogP contribution in [0.1, 0.15) is 19.4 Å². The van der Waals surface area contributed by atoms with Crippen molar-refractivity contribution < 1.29 is 9.53 Å². The second-order valence-corrected chi connectivity index (χ2v) is 4.09. The first-order chi connectivity index (χ1) is 7.99. The van der Waals surface area contributed by atoms with Gasteiger partial charge in [-0.15, -0.1) is 0 Å².